The lowest BCUT2D eigenvalue weighted by atomic mass is 10.0. The van der Waals surface area contributed by atoms with Gasteiger partial charge in [0, 0.05) is 30.6 Å². The van der Waals surface area contributed by atoms with Crippen LogP contribution in [0.2, 0.25) is 5.02 Å². The van der Waals surface area contributed by atoms with Gasteiger partial charge in [0.1, 0.15) is 24.2 Å². The van der Waals surface area contributed by atoms with Gasteiger partial charge in [-0.05, 0) is 60.0 Å². The molecule has 0 saturated heterocycles. The van der Waals surface area contributed by atoms with E-state index in [2.05, 4.69) is 5.32 Å². The third kappa shape index (κ3) is 9.21. The first kappa shape index (κ1) is 37.0. The van der Waals surface area contributed by atoms with Crippen LogP contribution in [0, 0.1) is 5.82 Å². The van der Waals surface area contributed by atoms with Crippen LogP contribution in [0.25, 0.3) is 0 Å². The Balaban J connectivity index is 1.87. The third-order valence-electron chi connectivity index (χ3n) is 7.72. The Labute approximate surface area is 291 Å². The highest BCUT2D eigenvalue weighted by molar-refractivity contribution is 7.92. The number of carbonyl (C=O) groups excluding carboxylic acids is 2. The van der Waals surface area contributed by atoms with Crippen molar-refractivity contribution in [3.8, 4) is 17.2 Å². The van der Waals surface area contributed by atoms with E-state index < -0.39 is 40.2 Å². The van der Waals surface area contributed by atoms with Crippen LogP contribution >= 0.6 is 11.6 Å². The Morgan fingerprint density at radius 1 is 0.837 bits per heavy atom. The molecule has 1 N–H and O–H groups in total. The number of methoxy groups -OCH3 is 3. The number of sulfonamides is 1. The molecular formula is C36H39ClFN3O7S. The number of carbonyl (C=O) groups is 2. The molecule has 4 rings (SSSR count). The van der Waals surface area contributed by atoms with E-state index in [9.17, 15) is 22.4 Å². The minimum absolute atomic E-state index is 0.00471. The van der Waals surface area contributed by atoms with Gasteiger partial charge in [-0.2, -0.15) is 0 Å². The fraction of sp³-hybridized carbons (Fsp3) is 0.278. The Morgan fingerprint density at radius 3 is 2.12 bits per heavy atom. The minimum atomic E-state index is -4.53. The van der Waals surface area contributed by atoms with E-state index in [0.29, 0.717) is 24.3 Å². The molecule has 0 spiro atoms. The zero-order chi connectivity index (χ0) is 35.6. The maximum Gasteiger partial charge on any atom is 0.265 e. The standard InChI is InChI=1S/C36H39ClFN3O7S/c1-5-19-39-36(43)31(20-25-9-7-6-8-10-25)40(23-26-11-14-28(38)15-12-26)35(42)24-41(30-21-27(37)13-17-32(30)46-2)49(44,45)29-16-18-33(47-3)34(22-29)48-4/h6-18,21-22,31H,5,19-20,23-24H2,1-4H3,(H,39,43). The molecule has 0 aliphatic rings. The molecular weight excluding hydrogens is 673 g/mol. The Kier molecular flexibility index (Phi) is 12.9. The molecule has 4 aromatic carbocycles. The number of hydrogen-bond acceptors (Lipinski definition) is 7. The van der Waals surface area contributed by atoms with Crippen molar-refractivity contribution in [3.63, 3.8) is 0 Å². The molecule has 4 aromatic rings. The van der Waals surface area contributed by atoms with Gasteiger partial charge < -0.3 is 24.4 Å². The number of benzene rings is 4. The average molecular weight is 712 g/mol. The zero-order valence-electron chi connectivity index (χ0n) is 27.7. The van der Waals surface area contributed by atoms with Crippen molar-refractivity contribution in [3.05, 3.63) is 113 Å². The maximum atomic E-state index is 14.6. The highest BCUT2D eigenvalue weighted by Crippen LogP contribution is 2.37. The van der Waals surface area contributed by atoms with Gasteiger partial charge in [0.15, 0.2) is 11.5 Å². The van der Waals surface area contributed by atoms with Gasteiger partial charge in [-0.25, -0.2) is 12.8 Å². The van der Waals surface area contributed by atoms with Crippen LogP contribution in [0.3, 0.4) is 0 Å². The summed E-state index contributed by atoms with van der Waals surface area (Å²) in [6.45, 7) is 1.40. The quantitative estimate of drug-likeness (QED) is 0.155. The second-order valence-electron chi connectivity index (χ2n) is 11.0. The molecule has 10 nitrogen and oxygen atoms in total. The van der Waals surface area contributed by atoms with Gasteiger partial charge in [-0.3, -0.25) is 13.9 Å². The molecule has 0 aromatic heterocycles. The summed E-state index contributed by atoms with van der Waals surface area (Å²) in [5, 5.41) is 3.08. The molecule has 0 saturated carbocycles. The maximum absolute atomic E-state index is 14.6. The van der Waals surface area contributed by atoms with Gasteiger partial charge in [0.05, 0.1) is 31.9 Å². The summed E-state index contributed by atoms with van der Waals surface area (Å²) in [5.74, 6) is -1.01. The summed E-state index contributed by atoms with van der Waals surface area (Å²) >= 11 is 6.36. The van der Waals surface area contributed by atoms with Gasteiger partial charge in [-0.15, -0.1) is 0 Å². The number of anilines is 1. The Hall–Kier alpha value is -4.81. The number of nitrogens with one attached hydrogen (secondary N) is 1. The van der Waals surface area contributed by atoms with E-state index in [0.717, 1.165) is 9.87 Å². The summed E-state index contributed by atoms with van der Waals surface area (Å²) in [5.41, 5.74) is 1.31. The lowest BCUT2D eigenvalue weighted by molar-refractivity contribution is -0.140. The predicted octanol–water partition coefficient (Wildman–Crippen LogP) is 5.87. The first-order chi connectivity index (χ1) is 23.5. The van der Waals surface area contributed by atoms with Crippen molar-refractivity contribution in [1.82, 2.24) is 10.2 Å². The number of amides is 2. The normalized spacial score (nSPS) is 11.7. The van der Waals surface area contributed by atoms with Gasteiger partial charge in [0.2, 0.25) is 11.8 Å². The monoisotopic (exact) mass is 711 g/mol. The molecule has 1 atom stereocenters. The molecule has 49 heavy (non-hydrogen) atoms. The van der Waals surface area contributed by atoms with Crippen molar-refractivity contribution in [2.45, 2.75) is 37.2 Å². The van der Waals surface area contributed by atoms with E-state index in [1.807, 2.05) is 37.3 Å². The fourth-order valence-corrected chi connectivity index (χ4v) is 6.78. The molecule has 0 radical (unpaired) electrons. The SMILES string of the molecule is CCCNC(=O)C(Cc1ccccc1)N(Cc1ccc(F)cc1)C(=O)CN(c1cc(Cl)ccc1OC)S(=O)(=O)c1ccc(OC)c(OC)c1. The largest absolute Gasteiger partial charge is 0.495 e. The predicted molar refractivity (Wildman–Crippen MR) is 186 cm³/mol. The van der Waals surface area contributed by atoms with E-state index in [1.165, 1.54) is 86.9 Å². The van der Waals surface area contributed by atoms with Crippen molar-refractivity contribution in [1.29, 1.82) is 0 Å². The smallest absolute Gasteiger partial charge is 0.265 e. The van der Waals surface area contributed by atoms with Gasteiger partial charge in [-0.1, -0.05) is 61.0 Å². The Morgan fingerprint density at radius 2 is 1.49 bits per heavy atom. The lowest BCUT2D eigenvalue weighted by Crippen LogP contribution is -2.53. The van der Waals surface area contributed by atoms with E-state index in [-0.39, 0.29) is 40.1 Å². The fourth-order valence-electron chi connectivity index (χ4n) is 5.18. The molecule has 0 bridgehead atoms. The molecule has 0 heterocycles. The molecule has 0 aliphatic carbocycles. The molecule has 0 aliphatic heterocycles. The average Bonchev–Trinajstić information content (AvgIpc) is 3.11. The first-order valence-electron chi connectivity index (χ1n) is 15.5. The van der Waals surface area contributed by atoms with Crippen molar-refractivity contribution < 1.29 is 36.6 Å². The molecule has 2 amide bonds. The summed E-state index contributed by atoms with van der Waals surface area (Å²) in [4.78, 5) is 29.5. The third-order valence-corrected chi connectivity index (χ3v) is 9.71. The second kappa shape index (κ2) is 17.0. The van der Waals surface area contributed by atoms with Crippen LogP contribution in [0.1, 0.15) is 24.5 Å². The number of rotatable bonds is 16. The van der Waals surface area contributed by atoms with Crippen molar-refractivity contribution in [2.24, 2.45) is 0 Å². The van der Waals surface area contributed by atoms with Gasteiger partial charge in [0.25, 0.3) is 10.0 Å². The van der Waals surface area contributed by atoms with Crippen LogP contribution in [-0.4, -0.2) is 65.6 Å². The zero-order valence-corrected chi connectivity index (χ0v) is 29.3. The summed E-state index contributed by atoms with van der Waals surface area (Å²) in [6.07, 6.45) is 0.786. The molecule has 13 heteroatoms. The second-order valence-corrected chi connectivity index (χ2v) is 13.3. The van der Waals surface area contributed by atoms with Gasteiger partial charge >= 0.3 is 0 Å². The number of halogens is 2. The van der Waals surface area contributed by atoms with Crippen molar-refractivity contribution in [2.75, 3.05) is 38.7 Å². The highest BCUT2D eigenvalue weighted by atomic mass is 35.5. The van der Waals surface area contributed by atoms with Crippen LogP contribution < -0.4 is 23.8 Å². The van der Waals surface area contributed by atoms with Crippen LogP contribution in [0.5, 0.6) is 17.2 Å². The van der Waals surface area contributed by atoms with E-state index in [4.69, 9.17) is 25.8 Å². The minimum Gasteiger partial charge on any atom is -0.495 e. The topological polar surface area (TPSA) is 114 Å². The number of hydrogen-bond donors (Lipinski definition) is 1. The van der Waals surface area contributed by atoms with Crippen LogP contribution in [-0.2, 0) is 32.6 Å². The van der Waals surface area contributed by atoms with Crippen LogP contribution in [0.15, 0.2) is 95.9 Å². The lowest BCUT2D eigenvalue weighted by Gasteiger charge is -2.34. The van der Waals surface area contributed by atoms with Crippen molar-refractivity contribution >= 4 is 39.1 Å². The summed E-state index contributed by atoms with van der Waals surface area (Å²) in [7, 11) is -0.363. The first-order valence-corrected chi connectivity index (χ1v) is 17.3. The van der Waals surface area contributed by atoms with E-state index >= 15 is 0 Å². The molecule has 260 valence electrons. The summed E-state index contributed by atoms with van der Waals surface area (Å²) < 4.78 is 60.0. The molecule has 1 unspecified atom stereocenters. The molecule has 0 fully saturated rings. The number of ether oxygens (including phenoxy) is 3. The Bertz CT molecular complexity index is 1840. The van der Waals surface area contributed by atoms with E-state index in [1.54, 1.807) is 0 Å². The summed E-state index contributed by atoms with van der Waals surface area (Å²) in [6, 6.07) is 22.1. The highest BCUT2D eigenvalue weighted by Gasteiger charge is 2.36. The number of nitrogens with zero attached hydrogens (tertiary/aromatic N) is 2. The van der Waals surface area contributed by atoms with Crippen LogP contribution in [0.4, 0.5) is 10.1 Å².